The number of carbonyl (C=O) groups excluding carboxylic acids is 2. The molecule has 6 nitrogen and oxygen atoms in total. The van der Waals surface area contributed by atoms with Crippen molar-refractivity contribution in [2.45, 2.75) is 13.8 Å². The Hall–Kier alpha value is -2.37. The lowest BCUT2D eigenvalue weighted by molar-refractivity contribution is -0.145. The minimum absolute atomic E-state index is 0.498. The van der Waals surface area contributed by atoms with E-state index in [1.54, 1.807) is 0 Å². The molecule has 0 radical (unpaired) electrons. The van der Waals surface area contributed by atoms with Crippen molar-refractivity contribution in [2.24, 2.45) is 5.10 Å². The van der Waals surface area contributed by atoms with Crippen LogP contribution in [0.5, 0.6) is 0 Å². The van der Waals surface area contributed by atoms with Gasteiger partial charge in [-0.05, 0) is 31.5 Å². The van der Waals surface area contributed by atoms with Crippen LogP contribution in [0.2, 0.25) is 0 Å². The second-order valence-corrected chi connectivity index (χ2v) is 4.66. The number of likely N-dealkylation sites (N-methyl/N-ethyl adjacent to an activating group) is 1. The van der Waals surface area contributed by atoms with Crippen LogP contribution in [0.4, 0.5) is 5.69 Å². The lowest BCUT2D eigenvalue weighted by Crippen LogP contribution is -2.41. The second kappa shape index (κ2) is 8.04. The first-order chi connectivity index (χ1) is 9.99. The molecule has 21 heavy (non-hydrogen) atoms. The zero-order valence-electron chi connectivity index (χ0n) is 13.0. The van der Waals surface area contributed by atoms with Gasteiger partial charge in [0.05, 0.1) is 6.21 Å². The van der Waals surface area contributed by atoms with E-state index in [4.69, 9.17) is 0 Å². The average Bonchev–Trinajstić information content (AvgIpc) is 2.48. The summed E-state index contributed by atoms with van der Waals surface area (Å²) in [6.07, 6.45) is 1.51. The number of rotatable bonds is 5. The van der Waals surface area contributed by atoms with Crippen molar-refractivity contribution >= 4 is 23.7 Å². The number of carbonyl (C=O) groups is 2. The van der Waals surface area contributed by atoms with Gasteiger partial charge >= 0.3 is 11.8 Å². The zero-order valence-corrected chi connectivity index (χ0v) is 13.0. The summed E-state index contributed by atoms with van der Waals surface area (Å²) >= 11 is 0. The lowest BCUT2D eigenvalue weighted by atomic mass is 10.2. The van der Waals surface area contributed by atoms with Crippen molar-refractivity contribution in [3.8, 4) is 0 Å². The minimum Gasteiger partial charge on any atom is -0.378 e. The third-order valence-corrected chi connectivity index (χ3v) is 3.03. The van der Waals surface area contributed by atoms with Gasteiger partial charge in [-0.25, -0.2) is 5.43 Å². The topological polar surface area (TPSA) is 65.0 Å². The highest BCUT2D eigenvalue weighted by Crippen LogP contribution is 2.10. The standard InChI is InChI=1S/C15H22N4O2/c1-5-19(6-2)15(21)14(20)17-16-11-12-7-9-13(10-8-12)18(3)4/h7-11H,5-6H2,1-4H3,(H,17,20)/b16-11-. The molecule has 0 aliphatic carbocycles. The molecule has 0 saturated heterocycles. The number of anilines is 1. The summed E-state index contributed by atoms with van der Waals surface area (Å²) in [5.41, 5.74) is 4.17. The Morgan fingerprint density at radius 3 is 2.19 bits per heavy atom. The zero-order chi connectivity index (χ0) is 15.8. The summed E-state index contributed by atoms with van der Waals surface area (Å²) in [6.45, 7) is 4.64. The van der Waals surface area contributed by atoms with E-state index < -0.39 is 11.8 Å². The quantitative estimate of drug-likeness (QED) is 0.501. The second-order valence-electron chi connectivity index (χ2n) is 4.66. The van der Waals surface area contributed by atoms with E-state index in [-0.39, 0.29) is 0 Å². The van der Waals surface area contributed by atoms with Crippen LogP contribution in [0.25, 0.3) is 0 Å². The molecule has 0 atom stereocenters. The maximum absolute atomic E-state index is 11.7. The number of hydrogen-bond acceptors (Lipinski definition) is 4. The smallest absolute Gasteiger partial charge is 0.329 e. The van der Waals surface area contributed by atoms with E-state index in [0.29, 0.717) is 13.1 Å². The highest BCUT2D eigenvalue weighted by Gasteiger charge is 2.18. The van der Waals surface area contributed by atoms with Crippen LogP contribution in [0, 0.1) is 0 Å². The lowest BCUT2D eigenvalue weighted by Gasteiger charge is -2.16. The molecule has 0 bridgehead atoms. The number of nitrogens with one attached hydrogen (secondary N) is 1. The fourth-order valence-electron chi connectivity index (χ4n) is 1.73. The highest BCUT2D eigenvalue weighted by atomic mass is 16.2. The Labute approximate surface area is 125 Å². The maximum Gasteiger partial charge on any atom is 0.329 e. The average molecular weight is 290 g/mol. The summed E-state index contributed by atoms with van der Waals surface area (Å²) in [4.78, 5) is 26.7. The first kappa shape index (κ1) is 16.7. The molecule has 0 aliphatic rings. The normalized spacial score (nSPS) is 10.5. The van der Waals surface area contributed by atoms with Crippen molar-refractivity contribution in [2.75, 3.05) is 32.1 Å². The Morgan fingerprint density at radius 1 is 1.14 bits per heavy atom. The number of hydrogen-bond donors (Lipinski definition) is 1. The molecule has 0 saturated carbocycles. The first-order valence-corrected chi connectivity index (χ1v) is 6.89. The number of nitrogens with zero attached hydrogens (tertiary/aromatic N) is 3. The van der Waals surface area contributed by atoms with Crippen LogP contribution >= 0.6 is 0 Å². The van der Waals surface area contributed by atoms with Crippen LogP contribution in [-0.2, 0) is 9.59 Å². The Morgan fingerprint density at radius 2 is 1.71 bits per heavy atom. The predicted molar refractivity (Wildman–Crippen MR) is 84.4 cm³/mol. The molecule has 1 N–H and O–H groups in total. The van der Waals surface area contributed by atoms with Crippen LogP contribution in [0.15, 0.2) is 29.4 Å². The van der Waals surface area contributed by atoms with E-state index in [0.717, 1.165) is 11.3 Å². The van der Waals surface area contributed by atoms with E-state index in [1.807, 2.05) is 57.1 Å². The summed E-state index contributed by atoms with van der Waals surface area (Å²) in [5, 5.41) is 3.80. The van der Waals surface area contributed by atoms with Crippen molar-refractivity contribution in [1.29, 1.82) is 0 Å². The number of amides is 2. The predicted octanol–water partition coefficient (Wildman–Crippen LogP) is 1.07. The summed E-state index contributed by atoms with van der Waals surface area (Å²) in [5.74, 6) is -1.29. The molecule has 1 aromatic carbocycles. The number of hydrazone groups is 1. The third-order valence-electron chi connectivity index (χ3n) is 3.03. The molecule has 6 heteroatoms. The van der Waals surface area contributed by atoms with E-state index in [2.05, 4.69) is 10.5 Å². The molecular formula is C15H22N4O2. The van der Waals surface area contributed by atoms with Crippen molar-refractivity contribution in [3.05, 3.63) is 29.8 Å². The Balaban J connectivity index is 2.58. The van der Waals surface area contributed by atoms with Gasteiger partial charge in [0.2, 0.25) is 0 Å². The van der Waals surface area contributed by atoms with Crippen LogP contribution in [0.3, 0.4) is 0 Å². The van der Waals surface area contributed by atoms with Gasteiger partial charge in [-0.1, -0.05) is 12.1 Å². The fraction of sp³-hybridized carbons (Fsp3) is 0.400. The van der Waals surface area contributed by atoms with Crippen LogP contribution in [-0.4, -0.2) is 50.1 Å². The van der Waals surface area contributed by atoms with E-state index in [9.17, 15) is 9.59 Å². The molecule has 0 aliphatic heterocycles. The fourth-order valence-corrected chi connectivity index (χ4v) is 1.73. The van der Waals surface area contributed by atoms with Crippen molar-refractivity contribution in [3.63, 3.8) is 0 Å². The van der Waals surface area contributed by atoms with Gasteiger partial charge in [0, 0.05) is 32.9 Å². The Bertz CT molecular complexity index is 505. The molecule has 2 amide bonds. The van der Waals surface area contributed by atoms with Gasteiger partial charge < -0.3 is 9.80 Å². The monoisotopic (exact) mass is 290 g/mol. The maximum atomic E-state index is 11.7. The van der Waals surface area contributed by atoms with E-state index in [1.165, 1.54) is 11.1 Å². The largest absolute Gasteiger partial charge is 0.378 e. The molecule has 0 fully saturated rings. The van der Waals surface area contributed by atoms with Gasteiger partial charge in [-0.3, -0.25) is 9.59 Å². The molecule has 1 aromatic rings. The van der Waals surface area contributed by atoms with Crippen LogP contribution < -0.4 is 10.3 Å². The number of benzene rings is 1. The van der Waals surface area contributed by atoms with Gasteiger partial charge in [0.1, 0.15) is 0 Å². The van der Waals surface area contributed by atoms with Gasteiger partial charge in [-0.15, -0.1) is 0 Å². The molecule has 0 aromatic heterocycles. The molecular weight excluding hydrogens is 268 g/mol. The Kier molecular flexibility index (Phi) is 6.39. The highest BCUT2D eigenvalue weighted by molar-refractivity contribution is 6.34. The van der Waals surface area contributed by atoms with Gasteiger partial charge in [0.15, 0.2) is 0 Å². The SMILES string of the molecule is CCN(CC)C(=O)C(=O)N/N=C\c1ccc(N(C)C)cc1. The summed E-state index contributed by atoms with van der Waals surface area (Å²) in [7, 11) is 3.92. The summed E-state index contributed by atoms with van der Waals surface area (Å²) in [6, 6.07) is 7.67. The summed E-state index contributed by atoms with van der Waals surface area (Å²) < 4.78 is 0. The molecule has 114 valence electrons. The van der Waals surface area contributed by atoms with Crippen LogP contribution in [0.1, 0.15) is 19.4 Å². The minimum atomic E-state index is -0.722. The molecule has 0 unspecified atom stereocenters. The van der Waals surface area contributed by atoms with Gasteiger partial charge in [0.25, 0.3) is 0 Å². The van der Waals surface area contributed by atoms with Gasteiger partial charge in [-0.2, -0.15) is 5.10 Å². The molecule has 1 rings (SSSR count). The molecule has 0 heterocycles. The molecule has 0 spiro atoms. The van der Waals surface area contributed by atoms with Crippen molar-refractivity contribution in [1.82, 2.24) is 10.3 Å². The first-order valence-electron chi connectivity index (χ1n) is 6.89. The third kappa shape index (κ3) is 4.91. The van der Waals surface area contributed by atoms with Crippen molar-refractivity contribution < 1.29 is 9.59 Å². The van der Waals surface area contributed by atoms with E-state index >= 15 is 0 Å².